The lowest BCUT2D eigenvalue weighted by molar-refractivity contribution is -0.0353. The first-order valence-electron chi connectivity index (χ1n) is 9.01. The molecule has 0 aliphatic carbocycles. The van der Waals surface area contributed by atoms with Crippen molar-refractivity contribution in [3.05, 3.63) is 52.2 Å². The highest BCUT2D eigenvalue weighted by atomic mass is 32.1. The van der Waals surface area contributed by atoms with Crippen molar-refractivity contribution >= 4 is 17.0 Å². The standard InChI is InChI=1S/C19H22N6O2S/c1-17(26)5-8-25(12-17)19(16-23-7-9-28-16)11-18(21,27)13(10-20)15(24-19)14-4-2-3-6-22-14/h2-4,6-7,9,24,26-27H,5,8,11-12,21H2,1H3. The molecule has 1 saturated heterocycles. The van der Waals surface area contributed by atoms with Crippen LogP contribution < -0.4 is 11.1 Å². The van der Waals surface area contributed by atoms with E-state index in [4.69, 9.17) is 5.73 Å². The summed E-state index contributed by atoms with van der Waals surface area (Å²) in [6, 6.07) is 7.39. The van der Waals surface area contributed by atoms with Crippen molar-refractivity contribution in [3.63, 3.8) is 0 Å². The van der Waals surface area contributed by atoms with Gasteiger partial charge in [-0.3, -0.25) is 15.6 Å². The van der Waals surface area contributed by atoms with E-state index in [-0.39, 0.29) is 12.0 Å². The molecule has 0 aromatic carbocycles. The summed E-state index contributed by atoms with van der Waals surface area (Å²) in [6.45, 7) is 2.76. The van der Waals surface area contributed by atoms with Crippen molar-refractivity contribution in [1.29, 1.82) is 5.26 Å². The van der Waals surface area contributed by atoms with E-state index in [1.54, 1.807) is 31.5 Å². The van der Waals surface area contributed by atoms with Crippen molar-refractivity contribution in [2.75, 3.05) is 13.1 Å². The van der Waals surface area contributed by atoms with E-state index in [0.29, 0.717) is 35.9 Å². The number of pyridine rings is 1. The monoisotopic (exact) mass is 398 g/mol. The molecule has 5 N–H and O–H groups in total. The number of thiazole rings is 1. The highest BCUT2D eigenvalue weighted by Crippen LogP contribution is 2.45. The van der Waals surface area contributed by atoms with E-state index >= 15 is 0 Å². The Morgan fingerprint density at radius 3 is 2.71 bits per heavy atom. The summed E-state index contributed by atoms with van der Waals surface area (Å²) in [7, 11) is 0. The number of aliphatic hydroxyl groups is 2. The number of likely N-dealkylation sites (tertiary alicyclic amines) is 1. The second-order valence-electron chi connectivity index (χ2n) is 7.67. The Morgan fingerprint density at radius 1 is 1.32 bits per heavy atom. The van der Waals surface area contributed by atoms with Crippen LogP contribution in [0.25, 0.3) is 5.70 Å². The van der Waals surface area contributed by atoms with E-state index in [1.807, 2.05) is 22.4 Å². The molecular formula is C19H22N6O2S. The van der Waals surface area contributed by atoms with Crippen LogP contribution in [-0.4, -0.2) is 49.5 Å². The largest absolute Gasteiger partial charge is 0.389 e. The molecule has 3 atom stereocenters. The normalized spacial score (nSPS) is 33.5. The number of rotatable bonds is 3. The summed E-state index contributed by atoms with van der Waals surface area (Å²) in [5, 5.41) is 37.4. The fourth-order valence-electron chi connectivity index (χ4n) is 4.02. The van der Waals surface area contributed by atoms with Gasteiger partial charge in [0, 0.05) is 37.3 Å². The van der Waals surface area contributed by atoms with Crippen molar-refractivity contribution in [2.24, 2.45) is 5.73 Å². The average molecular weight is 398 g/mol. The Bertz CT molecular complexity index is 935. The van der Waals surface area contributed by atoms with Crippen LogP contribution >= 0.6 is 11.3 Å². The van der Waals surface area contributed by atoms with Crippen LogP contribution in [0.4, 0.5) is 0 Å². The zero-order valence-electron chi connectivity index (χ0n) is 15.5. The molecule has 4 heterocycles. The first kappa shape index (κ1) is 19.0. The second kappa shape index (κ2) is 6.62. The summed E-state index contributed by atoms with van der Waals surface area (Å²) in [4.78, 5) is 10.9. The van der Waals surface area contributed by atoms with Gasteiger partial charge in [0.1, 0.15) is 22.3 Å². The molecule has 0 radical (unpaired) electrons. The van der Waals surface area contributed by atoms with Crippen LogP contribution in [0, 0.1) is 11.3 Å². The fourth-order valence-corrected chi connectivity index (χ4v) is 4.84. The number of nitriles is 1. The van der Waals surface area contributed by atoms with Crippen molar-refractivity contribution in [1.82, 2.24) is 20.2 Å². The molecule has 2 aromatic rings. The van der Waals surface area contributed by atoms with E-state index in [2.05, 4.69) is 15.3 Å². The SMILES string of the molecule is CC1(O)CCN(C2(c3nccs3)CC(N)(O)C(C#N)=C(c3ccccn3)N2)C1. The summed E-state index contributed by atoms with van der Waals surface area (Å²) in [5.74, 6) is 0. The molecule has 9 heteroatoms. The molecular weight excluding hydrogens is 376 g/mol. The number of aromatic nitrogens is 2. The predicted octanol–water partition coefficient (Wildman–Crippen LogP) is 0.723. The fraction of sp³-hybridized carbons (Fsp3) is 0.421. The lowest BCUT2D eigenvalue weighted by Gasteiger charge is -2.49. The van der Waals surface area contributed by atoms with Crippen LogP contribution in [0.15, 0.2) is 41.5 Å². The lowest BCUT2D eigenvalue weighted by Crippen LogP contribution is -2.64. The quantitative estimate of drug-likeness (QED) is 0.556. The number of nitrogens with one attached hydrogen (secondary N) is 1. The Kier molecular flexibility index (Phi) is 4.49. The van der Waals surface area contributed by atoms with Gasteiger partial charge in [-0.25, -0.2) is 4.98 Å². The molecule has 8 nitrogen and oxygen atoms in total. The Morgan fingerprint density at radius 2 is 2.14 bits per heavy atom. The van der Waals surface area contributed by atoms with E-state index in [1.165, 1.54) is 11.3 Å². The van der Waals surface area contributed by atoms with Gasteiger partial charge < -0.3 is 15.5 Å². The predicted molar refractivity (Wildman–Crippen MR) is 104 cm³/mol. The number of β-amino-alcohol motifs (C(OH)–C–C–N with tert-alkyl or cyclic N) is 1. The van der Waals surface area contributed by atoms with Gasteiger partial charge in [-0.05, 0) is 25.5 Å². The molecule has 2 aliphatic heterocycles. The number of nitrogens with zero attached hydrogens (tertiary/aromatic N) is 4. The molecule has 0 amide bonds. The number of nitrogens with two attached hydrogens (primary N) is 1. The van der Waals surface area contributed by atoms with Crippen molar-refractivity contribution < 1.29 is 10.2 Å². The average Bonchev–Trinajstić information content (AvgIpc) is 3.31. The maximum atomic E-state index is 11.1. The number of hydrogen-bond donors (Lipinski definition) is 4. The topological polar surface area (TPSA) is 131 Å². The van der Waals surface area contributed by atoms with Crippen LogP contribution in [-0.2, 0) is 5.66 Å². The molecule has 3 unspecified atom stereocenters. The summed E-state index contributed by atoms with van der Waals surface area (Å²) < 4.78 is 0. The van der Waals surface area contributed by atoms with E-state index < -0.39 is 17.0 Å². The number of hydrogen-bond acceptors (Lipinski definition) is 9. The van der Waals surface area contributed by atoms with E-state index in [9.17, 15) is 15.5 Å². The van der Waals surface area contributed by atoms with Crippen LogP contribution in [0.5, 0.6) is 0 Å². The molecule has 2 aromatic heterocycles. The minimum absolute atomic E-state index is 0.0167. The minimum Gasteiger partial charge on any atom is -0.389 e. The summed E-state index contributed by atoms with van der Waals surface area (Å²) in [5.41, 5.74) is 3.48. The van der Waals surface area contributed by atoms with Gasteiger partial charge in [0.2, 0.25) is 0 Å². The van der Waals surface area contributed by atoms with Gasteiger partial charge >= 0.3 is 0 Å². The van der Waals surface area contributed by atoms with Crippen LogP contribution in [0.3, 0.4) is 0 Å². The van der Waals surface area contributed by atoms with Crippen molar-refractivity contribution in [3.8, 4) is 6.07 Å². The Hall–Kier alpha value is -2.35. The highest BCUT2D eigenvalue weighted by Gasteiger charge is 2.55. The molecule has 1 fully saturated rings. The Labute approximate surface area is 167 Å². The first-order valence-corrected chi connectivity index (χ1v) is 9.88. The molecule has 146 valence electrons. The summed E-state index contributed by atoms with van der Waals surface area (Å²) >= 11 is 1.43. The molecule has 0 saturated carbocycles. The summed E-state index contributed by atoms with van der Waals surface area (Å²) in [6.07, 6.45) is 3.91. The maximum absolute atomic E-state index is 11.1. The lowest BCUT2D eigenvalue weighted by atomic mass is 9.84. The van der Waals surface area contributed by atoms with Gasteiger partial charge in [-0.1, -0.05) is 6.07 Å². The Balaban J connectivity index is 1.90. The molecule has 2 aliphatic rings. The van der Waals surface area contributed by atoms with Gasteiger partial charge in [-0.2, -0.15) is 5.26 Å². The van der Waals surface area contributed by atoms with Gasteiger partial charge in [0.05, 0.1) is 17.0 Å². The van der Waals surface area contributed by atoms with Crippen molar-refractivity contribution in [2.45, 2.75) is 36.8 Å². The maximum Gasteiger partial charge on any atom is 0.155 e. The second-order valence-corrected chi connectivity index (χ2v) is 8.56. The van der Waals surface area contributed by atoms with Gasteiger partial charge in [0.25, 0.3) is 0 Å². The van der Waals surface area contributed by atoms with Gasteiger partial charge in [-0.15, -0.1) is 11.3 Å². The molecule has 28 heavy (non-hydrogen) atoms. The first-order chi connectivity index (χ1) is 13.3. The van der Waals surface area contributed by atoms with Gasteiger partial charge in [0.15, 0.2) is 5.72 Å². The minimum atomic E-state index is -1.88. The third kappa shape index (κ3) is 3.09. The highest BCUT2D eigenvalue weighted by molar-refractivity contribution is 7.09. The molecule has 0 bridgehead atoms. The zero-order valence-corrected chi connectivity index (χ0v) is 16.3. The molecule has 4 rings (SSSR count). The van der Waals surface area contributed by atoms with E-state index in [0.717, 1.165) is 0 Å². The van der Waals surface area contributed by atoms with Crippen LogP contribution in [0.1, 0.15) is 30.5 Å². The zero-order chi connectivity index (χ0) is 20.0. The third-order valence-corrected chi connectivity index (χ3v) is 6.27. The third-order valence-electron chi connectivity index (χ3n) is 5.35. The smallest absolute Gasteiger partial charge is 0.155 e. The van der Waals surface area contributed by atoms with Crippen LogP contribution in [0.2, 0.25) is 0 Å². The molecule has 0 spiro atoms.